The molecule has 1 saturated heterocycles. The molecule has 1 aliphatic carbocycles. The normalized spacial score (nSPS) is 20.4. The van der Waals surface area contributed by atoms with Crippen molar-refractivity contribution in [2.45, 2.75) is 56.7 Å². The van der Waals surface area contributed by atoms with Gasteiger partial charge in [-0.1, -0.05) is 90.5 Å². The van der Waals surface area contributed by atoms with Crippen molar-refractivity contribution >= 4 is 6.09 Å². The molecule has 3 aromatic carbocycles. The molecule has 4 heteroatoms. The van der Waals surface area contributed by atoms with Crippen LogP contribution in [0.25, 0.3) is 11.1 Å². The van der Waals surface area contributed by atoms with E-state index in [2.05, 4.69) is 66.7 Å². The van der Waals surface area contributed by atoms with Crippen LogP contribution < -0.4 is 0 Å². The van der Waals surface area contributed by atoms with Gasteiger partial charge in [0.25, 0.3) is 0 Å². The fourth-order valence-electron chi connectivity index (χ4n) is 6.22. The lowest BCUT2D eigenvalue weighted by atomic mass is 9.84. The number of amides is 1. The lowest BCUT2D eigenvalue weighted by molar-refractivity contribution is 0.0496. The van der Waals surface area contributed by atoms with Gasteiger partial charge >= 0.3 is 6.09 Å². The molecule has 3 aromatic rings. The lowest BCUT2D eigenvalue weighted by Gasteiger charge is -2.44. The summed E-state index contributed by atoms with van der Waals surface area (Å²) in [4.78, 5) is 15.4. The number of piperidine rings is 1. The van der Waals surface area contributed by atoms with E-state index in [0.29, 0.717) is 19.8 Å². The number of carbonyl (C=O) groups excluding carboxylic acids is 1. The number of ether oxygens (including phenoxy) is 2. The fourth-order valence-corrected chi connectivity index (χ4v) is 6.22. The first-order valence-corrected chi connectivity index (χ1v) is 13.2. The fraction of sp³-hybridized carbons (Fsp3) is 0.344. The molecule has 0 N–H and O–H groups in total. The highest BCUT2D eigenvalue weighted by Gasteiger charge is 2.38. The van der Waals surface area contributed by atoms with E-state index in [-0.39, 0.29) is 24.1 Å². The summed E-state index contributed by atoms with van der Waals surface area (Å²) in [5.74, 6) is 0.0962. The summed E-state index contributed by atoms with van der Waals surface area (Å²) in [6.07, 6.45) is 7.22. The molecular formula is C32H33NO3. The zero-order valence-electron chi connectivity index (χ0n) is 20.6. The summed E-state index contributed by atoms with van der Waals surface area (Å²) in [6, 6.07) is 27.6. The number of hydrogen-bond acceptors (Lipinski definition) is 3. The highest BCUT2D eigenvalue weighted by Crippen LogP contribution is 2.44. The predicted molar refractivity (Wildman–Crippen MR) is 142 cm³/mol. The number of nitrogens with zero attached hydrogens (tertiary/aromatic N) is 1. The molecule has 1 amide bonds. The van der Waals surface area contributed by atoms with Gasteiger partial charge in [-0.2, -0.15) is 0 Å². The number of rotatable bonds is 7. The summed E-state index contributed by atoms with van der Waals surface area (Å²) < 4.78 is 12.0. The van der Waals surface area contributed by atoms with E-state index in [4.69, 9.17) is 9.47 Å². The van der Waals surface area contributed by atoms with Crippen molar-refractivity contribution in [3.05, 3.63) is 107 Å². The number of carbonyl (C=O) groups is 1. The second-order valence-corrected chi connectivity index (χ2v) is 10.2. The van der Waals surface area contributed by atoms with E-state index < -0.39 is 0 Å². The molecule has 36 heavy (non-hydrogen) atoms. The first-order valence-electron chi connectivity index (χ1n) is 13.2. The molecule has 2 atom stereocenters. The van der Waals surface area contributed by atoms with Crippen molar-refractivity contribution in [2.24, 2.45) is 0 Å². The number of benzene rings is 3. The summed E-state index contributed by atoms with van der Waals surface area (Å²) >= 11 is 0. The van der Waals surface area contributed by atoms with Crippen molar-refractivity contribution in [3.63, 3.8) is 0 Å². The van der Waals surface area contributed by atoms with E-state index >= 15 is 0 Å². The van der Waals surface area contributed by atoms with Crippen LogP contribution in [0.1, 0.15) is 54.7 Å². The third-order valence-electron chi connectivity index (χ3n) is 7.94. The second-order valence-electron chi connectivity index (χ2n) is 10.2. The van der Waals surface area contributed by atoms with Gasteiger partial charge < -0.3 is 9.47 Å². The Labute approximate surface area is 213 Å². The van der Waals surface area contributed by atoms with Crippen molar-refractivity contribution in [1.29, 1.82) is 0 Å². The number of hydrogen-bond donors (Lipinski definition) is 0. The molecular weight excluding hydrogens is 446 g/mol. The van der Waals surface area contributed by atoms with Crippen molar-refractivity contribution < 1.29 is 14.3 Å². The minimum absolute atomic E-state index is 0.0962. The largest absolute Gasteiger partial charge is 0.448 e. The third kappa shape index (κ3) is 4.58. The summed E-state index contributed by atoms with van der Waals surface area (Å²) in [5.41, 5.74) is 7.64. The zero-order valence-corrected chi connectivity index (χ0v) is 20.6. The Morgan fingerprint density at radius 2 is 1.56 bits per heavy atom. The van der Waals surface area contributed by atoms with E-state index in [0.717, 1.165) is 32.1 Å². The highest BCUT2D eigenvalue weighted by molar-refractivity contribution is 5.79. The molecule has 2 unspecified atom stereocenters. The maximum atomic E-state index is 13.4. The minimum Gasteiger partial charge on any atom is -0.448 e. The summed E-state index contributed by atoms with van der Waals surface area (Å²) in [6.45, 7) is 1.74. The molecule has 2 heterocycles. The molecule has 1 fully saturated rings. The van der Waals surface area contributed by atoms with Crippen LogP contribution in [0.3, 0.4) is 0 Å². The zero-order chi connectivity index (χ0) is 24.3. The molecule has 0 radical (unpaired) electrons. The van der Waals surface area contributed by atoms with Crippen molar-refractivity contribution in [3.8, 4) is 11.1 Å². The average molecular weight is 480 g/mol. The first-order chi connectivity index (χ1) is 17.8. The highest BCUT2D eigenvalue weighted by atomic mass is 16.6. The third-order valence-corrected chi connectivity index (χ3v) is 7.94. The van der Waals surface area contributed by atoms with Crippen LogP contribution in [0.15, 0.2) is 90.5 Å². The van der Waals surface area contributed by atoms with Gasteiger partial charge in [0, 0.05) is 12.0 Å². The van der Waals surface area contributed by atoms with Gasteiger partial charge in [0.05, 0.1) is 19.3 Å². The van der Waals surface area contributed by atoms with Crippen LogP contribution in [0.4, 0.5) is 4.79 Å². The van der Waals surface area contributed by atoms with Gasteiger partial charge in [0.15, 0.2) is 0 Å². The molecule has 4 nitrogen and oxygen atoms in total. The SMILES string of the molecule is O=C(OCC1c2ccccc2-c2ccccc21)N1C2C=C(CCOCc3ccccc3)CC1CCC2. The number of fused-ring (bicyclic) bond motifs is 5. The Hall–Kier alpha value is -3.37. The molecule has 2 bridgehead atoms. The van der Waals surface area contributed by atoms with Gasteiger partial charge in [0.2, 0.25) is 0 Å². The smallest absolute Gasteiger partial charge is 0.410 e. The average Bonchev–Trinajstić information content (AvgIpc) is 3.23. The van der Waals surface area contributed by atoms with Gasteiger partial charge in [-0.15, -0.1) is 0 Å². The summed E-state index contributed by atoms with van der Waals surface area (Å²) in [5, 5.41) is 0. The molecule has 0 aromatic heterocycles. The monoisotopic (exact) mass is 479 g/mol. The predicted octanol–water partition coefficient (Wildman–Crippen LogP) is 7.10. The Bertz CT molecular complexity index is 1210. The van der Waals surface area contributed by atoms with Crippen LogP contribution in [0, 0.1) is 0 Å². The Morgan fingerprint density at radius 3 is 2.28 bits per heavy atom. The molecule has 3 aliphatic rings. The van der Waals surface area contributed by atoms with E-state index in [1.807, 2.05) is 23.1 Å². The Morgan fingerprint density at radius 1 is 0.861 bits per heavy atom. The summed E-state index contributed by atoms with van der Waals surface area (Å²) in [7, 11) is 0. The molecule has 6 rings (SSSR count). The maximum absolute atomic E-state index is 13.4. The van der Waals surface area contributed by atoms with E-state index in [1.54, 1.807) is 0 Å². The maximum Gasteiger partial charge on any atom is 0.410 e. The minimum atomic E-state index is -0.165. The van der Waals surface area contributed by atoms with Crippen LogP contribution in [0.2, 0.25) is 0 Å². The van der Waals surface area contributed by atoms with Crippen LogP contribution in [0.5, 0.6) is 0 Å². The molecule has 2 aliphatic heterocycles. The van der Waals surface area contributed by atoms with Gasteiger partial charge in [0.1, 0.15) is 6.61 Å². The quantitative estimate of drug-likeness (QED) is 0.268. The Balaban J connectivity index is 1.08. The van der Waals surface area contributed by atoms with Crippen molar-refractivity contribution in [2.75, 3.05) is 13.2 Å². The van der Waals surface area contributed by atoms with Gasteiger partial charge in [-0.3, -0.25) is 4.90 Å². The lowest BCUT2D eigenvalue weighted by Crippen LogP contribution is -2.52. The topological polar surface area (TPSA) is 38.8 Å². The standard InChI is InChI=1S/C32H33NO3/c34-32(36-22-31-29-15-6-4-13-27(29)28-14-5-7-16-30(28)31)33-25-11-8-12-26(33)20-24(19-25)17-18-35-21-23-9-2-1-3-10-23/h1-7,9-10,13-16,19,25-26,31H,8,11-12,17-18,20-22H2. The van der Waals surface area contributed by atoms with Crippen LogP contribution in [-0.2, 0) is 16.1 Å². The Kier molecular flexibility index (Phi) is 6.61. The van der Waals surface area contributed by atoms with Crippen LogP contribution in [-0.4, -0.2) is 36.3 Å². The van der Waals surface area contributed by atoms with Gasteiger partial charge in [-0.25, -0.2) is 4.79 Å². The second kappa shape index (κ2) is 10.3. The van der Waals surface area contributed by atoms with Gasteiger partial charge in [-0.05, 0) is 59.9 Å². The molecule has 184 valence electrons. The van der Waals surface area contributed by atoms with Crippen molar-refractivity contribution in [1.82, 2.24) is 4.90 Å². The molecule has 0 saturated carbocycles. The van der Waals surface area contributed by atoms with Crippen LogP contribution >= 0.6 is 0 Å². The first kappa shape index (κ1) is 23.1. The molecule has 0 spiro atoms. The van der Waals surface area contributed by atoms with E-state index in [1.165, 1.54) is 33.4 Å². The van der Waals surface area contributed by atoms with E-state index in [9.17, 15) is 4.79 Å².